The maximum absolute atomic E-state index is 5.99. The van der Waals surface area contributed by atoms with Crippen LogP contribution < -0.4 is 5.32 Å². The van der Waals surface area contributed by atoms with E-state index in [0.29, 0.717) is 0 Å². The smallest absolute Gasteiger partial charge is 0.0516 e. The van der Waals surface area contributed by atoms with Gasteiger partial charge in [0.1, 0.15) is 0 Å². The first-order chi connectivity index (χ1) is 8.81. The van der Waals surface area contributed by atoms with Crippen molar-refractivity contribution in [2.45, 2.75) is 38.3 Å². The largest absolute Gasteiger partial charge is 0.314 e. The van der Waals surface area contributed by atoms with Crippen molar-refractivity contribution in [1.82, 2.24) is 10.2 Å². The summed E-state index contributed by atoms with van der Waals surface area (Å²) in [7, 11) is 0. The maximum atomic E-state index is 5.99. The van der Waals surface area contributed by atoms with Gasteiger partial charge in [0, 0.05) is 29.4 Å². The molecule has 2 unspecified atom stereocenters. The van der Waals surface area contributed by atoms with E-state index >= 15 is 0 Å². The van der Waals surface area contributed by atoms with E-state index in [9.17, 15) is 0 Å². The molecule has 4 heteroatoms. The van der Waals surface area contributed by atoms with E-state index in [-0.39, 0.29) is 0 Å². The van der Waals surface area contributed by atoms with Gasteiger partial charge in [-0.2, -0.15) is 0 Å². The van der Waals surface area contributed by atoms with Crippen LogP contribution in [-0.2, 0) is 6.54 Å². The predicted octanol–water partition coefficient (Wildman–Crippen LogP) is 3.37. The van der Waals surface area contributed by atoms with E-state index in [1.54, 1.807) is 11.3 Å². The molecule has 2 saturated heterocycles. The van der Waals surface area contributed by atoms with Crippen LogP contribution >= 0.6 is 22.9 Å². The summed E-state index contributed by atoms with van der Waals surface area (Å²) < 4.78 is 0. The summed E-state index contributed by atoms with van der Waals surface area (Å²) in [5.41, 5.74) is 0. The average molecular weight is 285 g/mol. The number of thiophene rings is 1. The molecule has 3 rings (SSSR count). The third-order valence-corrected chi connectivity index (χ3v) is 5.48. The summed E-state index contributed by atoms with van der Waals surface area (Å²) in [5.74, 6) is 0.858. The van der Waals surface area contributed by atoms with E-state index < -0.39 is 0 Å². The van der Waals surface area contributed by atoms with E-state index in [1.165, 1.54) is 50.2 Å². The highest BCUT2D eigenvalue weighted by Gasteiger charge is 2.28. The van der Waals surface area contributed by atoms with E-state index in [1.807, 2.05) is 5.38 Å². The number of rotatable bonds is 3. The standard InChI is InChI=1S/C14H21ClN2S/c15-12-7-13(18-10-12)9-17-6-2-3-11(8-17)14-4-1-5-16-14/h7,10-11,14,16H,1-6,8-9H2. The second kappa shape index (κ2) is 5.91. The van der Waals surface area contributed by atoms with Gasteiger partial charge in [0.25, 0.3) is 0 Å². The van der Waals surface area contributed by atoms with Crippen LogP contribution in [0.2, 0.25) is 5.02 Å². The predicted molar refractivity (Wildman–Crippen MR) is 78.4 cm³/mol. The molecule has 3 heterocycles. The minimum absolute atomic E-state index is 0.778. The second-order valence-corrected chi connectivity index (χ2v) is 7.00. The lowest BCUT2D eigenvalue weighted by atomic mass is 9.90. The molecule has 2 atom stereocenters. The normalized spacial score (nSPS) is 29.8. The van der Waals surface area contributed by atoms with Crippen LogP contribution in [0.25, 0.3) is 0 Å². The molecule has 1 N–H and O–H groups in total. The monoisotopic (exact) mass is 284 g/mol. The number of piperidine rings is 1. The molecule has 2 aliphatic rings. The quantitative estimate of drug-likeness (QED) is 0.916. The van der Waals surface area contributed by atoms with Crippen molar-refractivity contribution in [3.8, 4) is 0 Å². The number of hydrogen-bond acceptors (Lipinski definition) is 3. The third kappa shape index (κ3) is 3.08. The molecule has 0 spiro atoms. The van der Waals surface area contributed by atoms with Gasteiger partial charge >= 0.3 is 0 Å². The molecule has 100 valence electrons. The van der Waals surface area contributed by atoms with Crippen LogP contribution in [0.15, 0.2) is 11.4 Å². The molecule has 0 radical (unpaired) electrons. The van der Waals surface area contributed by atoms with Crippen molar-refractivity contribution in [2.24, 2.45) is 5.92 Å². The Hall–Kier alpha value is -0.0900. The average Bonchev–Trinajstić information content (AvgIpc) is 3.01. The first-order valence-electron chi connectivity index (χ1n) is 7.00. The molecule has 0 saturated carbocycles. The van der Waals surface area contributed by atoms with Gasteiger partial charge in [-0.15, -0.1) is 11.3 Å². The van der Waals surface area contributed by atoms with E-state index in [0.717, 1.165) is 23.5 Å². The van der Waals surface area contributed by atoms with Crippen LogP contribution in [0.4, 0.5) is 0 Å². The SMILES string of the molecule is Clc1csc(CN2CCCC(C3CCCN3)C2)c1. The van der Waals surface area contributed by atoms with Gasteiger partial charge < -0.3 is 5.32 Å². The lowest BCUT2D eigenvalue weighted by Crippen LogP contribution is -2.43. The lowest BCUT2D eigenvalue weighted by molar-refractivity contribution is 0.146. The van der Waals surface area contributed by atoms with Crippen molar-refractivity contribution in [3.63, 3.8) is 0 Å². The zero-order valence-corrected chi connectivity index (χ0v) is 12.3. The van der Waals surface area contributed by atoms with Gasteiger partial charge in [-0.25, -0.2) is 0 Å². The number of nitrogens with one attached hydrogen (secondary N) is 1. The Bertz CT molecular complexity index is 387. The molecular formula is C14H21ClN2S. The summed E-state index contributed by atoms with van der Waals surface area (Å²) >= 11 is 7.78. The molecule has 2 aliphatic heterocycles. The fourth-order valence-electron chi connectivity index (χ4n) is 3.33. The Morgan fingerprint density at radius 3 is 3.06 bits per heavy atom. The molecule has 1 aromatic rings. The Morgan fingerprint density at radius 2 is 2.33 bits per heavy atom. The van der Waals surface area contributed by atoms with Crippen LogP contribution in [-0.4, -0.2) is 30.6 Å². The van der Waals surface area contributed by atoms with Gasteiger partial charge in [-0.05, 0) is 50.8 Å². The zero-order valence-electron chi connectivity index (χ0n) is 10.7. The summed E-state index contributed by atoms with van der Waals surface area (Å²) in [5, 5.41) is 6.60. The van der Waals surface area contributed by atoms with Crippen molar-refractivity contribution in [3.05, 3.63) is 21.3 Å². The van der Waals surface area contributed by atoms with Crippen molar-refractivity contribution in [1.29, 1.82) is 0 Å². The highest BCUT2D eigenvalue weighted by Crippen LogP contribution is 2.27. The van der Waals surface area contributed by atoms with Gasteiger partial charge in [0.15, 0.2) is 0 Å². The molecule has 0 aliphatic carbocycles. The van der Waals surface area contributed by atoms with Gasteiger partial charge in [0.05, 0.1) is 5.02 Å². The summed E-state index contributed by atoms with van der Waals surface area (Å²) in [6.07, 6.45) is 5.49. The van der Waals surface area contributed by atoms with Crippen LogP contribution in [0.1, 0.15) is 30.6 Å². The van der Waals surface area contributed by atoms with Crippen molar-refractivity contribution < 1.29 is 0 Å². The number of likely N-dealkylation sites (tertiary alicyclic amines) is 1. The molecule has 0 amide bonds. The van der Waals surface area contributed by atoms with Crippen LogP contribution in [0.3, 0.4) is 0 Å². The number of nitrogens with zero attached hydrogens (tertiary/aromatic N) is 1. The fraction of sp³-hybridized carbons (Fsp3) is 0.714. The van der Waals surface area contributed by atoms with E-state index in [2.05, 4.69) is 16.3 Å². The van der Waals surface area contributed by atoms with Gasteiger partial charge in [-0.1, -0.05) is 11.6 Å². The van der Waals surface area contributed by atoms with E-state index in [4.69, 9.17) is 11.6 Å². The molecule has 2 fully saturated rings. The van der Waals surface area contributed by atoms with Gasteiger partial charge in [-0.3, -0.25) is 4.90 Å². The highest BCUT2D eigenvalue weighted by molar-refractivity contribution is 7.10. The summed E-state index contributed by atoms with van der Waals surface area (Å²) in [6.45, 7) is 4.81. The minimum Gasteiger partial charge on any atom is -0.314 e. The number of hydrogen-bond donors (Lipinski definition) is 1. The Balaban J connectivity index is 1.56. The first-order valence-corrected chi connectivity index (χ1v) is 8.25. The molecular weight excluding hydrogens is 264 g/mol. The maximum Gasteiger partial charge on any atom is 0.0516 e. The van der Waals surface area contributed by atoms with Crippen LogP contribution in [0.5, 0.6) is 0 Å². The summed E-state index contributed by atoms with van der Waals surface area (Å²) in [6, 6.07) is 2.89. The fourth-order valence-corrected chi connectivity index (χ4v) is 4.45. The Morgan fingerprint density at radius 1 is 1.39 bits per heavy atom. The lowest BCUT2D eigenvalue weighted by Gasteiger charge is -2.35. The number of halogens is 1. The molecule has 2 nitrogen and oxygen atoms in total. The van der Waals surface area contributed by atoms with Gasteiger partial charge in [0.2, 0.25) is 0 Å². The third-order valence-electron chi connectivity index (χ3n) is 4.21. The topological polar surface area (TPSA) is 15.3 Å². The Labute approximate surface area is 118 Å². The molecule has 0 bridgehead atoms. The zero-order chi connectivity index (χ0) is 12.4. The first kappa shape index (κ1) is 12.9. The summed E-state index contributed by atoms with van der Waals surface area (Å²) in [4.78, 5) is 4.01. The second-order valence-electron chi connectivity index (χ2n) is 5.57. The molecule has 18 heavy (non-hydrogen) atoms. The minimum atomic E-state index is 0.778. The van der Waals surface area contributed by atoms with Crippen molar-refractivity contribution in [2.75, 3.05) is 19.6 Å². The molecule has 0 aromatic carbocycles. The van der Waals surface area contributed by atoms with Crippen molar-refractivity contribution >= 4 is 22.9 Å². The van der Waals surface area contributed by atoms with Crippen LogP contribution in [0, 0.1) is 5.92 Å². The highest BCUT2D eigenvalue weighted by atomic mass is 35.5. The molecule has 1 aromatic heterocycles. The Kier molecular flexibility index (Phi) is 4.24.